The number of carboxylic acid groups (broad SMARTS) is 1. The lowest BCUT2D eigenvalue weighted by atomic mass is 10.1. The molecule has 1 aromatic carbocycles. The molecular weight excluding hydrogens is 298 g/mol. The third-order valence-electron chi connectivity index (χ3n) is 2.56. The molecule has 104 valence electrons. The van der Waals surface area contributed by atoms with Crippen molar-refractivity contribution in [2.24, 2.45) is 0 Å². The number of thiazole rings is 1. The van der Waals surface area contributed by atoms with E-state index in [4.69, 9.17) is 0 Å². The normalized spacial score (nSPS) is 12.3. The second kappa shape index (κ2) is 5.56. The monoisotopic (exact) mass is 309 g/mol. The number of benzene rings is 1. The lowest BCUT2D eigenvalue weighted by molar-refractivity contribution is -0.130. The van der Waals surface area contributed by atoms with Crippen molar-refractivity contribution >= 4 is 38.8 Å². The van der Waals surface area contributed by atoms with E-state index in [2.05, 4.69) is 4.98 Å². The molecule has 0 aliphatic heterocycles. The van der Waals surface area contributed by atoms with Gasteiger partial charge in [-0.25, -0.2) is 13.2 Å². The maximum Gasteiger partial charge on any atom is 0.336 e. The van der Waals surface area contributed by atoms with Gasteiger partial charge in [-0.3, -0.25) is 4.98 Å². The second-order valence-corrected chi connectivity index (χ2v) is 7.00. The molecule has 2 rings (SSSR count). The molecule has 1 aromatic heterocycles. The van der Waals surface area contributed by atoms with E-state index < -0.39 is 15.8 Å². The first-order chi connectivity index (χ1) is 9.38. The molecule has 0 saturated carbocycles. The zero-order chi connectivity index (χ0) is 14.8. The van der Waals surface area contributed by atoms with Crippen LogP contribution in [0, 0.1) is 0 Å². The average molecular weight is 309 g/mol. The predicted octanol–water partition coefficient (Wildman–Crippen LogP) is 2.17. The summed E-state index contributed by atoms with van der Waals surface area (Å²) < 4.78 is 22.7. The Morgan fingerprint density at radius 1 is 1.30 bits per heavy atom. The van der Waals surface area contributed by atoms with Gasteiger partial charge in [0, 0.05) is 17.3 Å². The summed E-state index contributed by atoms with van der Waals surface area (Å²) in [4.78, 5) is 16.1. The van der Waals surface area contributed by atoms with Gasteiger partial charge in [0.05, 0.1) is 16.0 Å². The van der Waals surface area contributed by atoms with Crippen LogP contribution in [0.5, 0.6) is 0 Å². The third-order valence-corrected chi connectivity index (χ3v) is 4.41. The van der Waals surface area contributed by atoms with Gasteiger partial charge in [-0.05, 0) is 23.8 Å². The van der Waals surface area contributed by atoms with E-state index in [1.54, 1.807) is 11.7 Å². The molecule has 0 radical (unpaired) electrons. The van der Waals surface area contributed by atoms with E-state index >= 15 is 0 Å². The molecular formula is C13H11NO4S2. The summed E-state index contributed by atoms with van der Waals surface area (Å²) >= 11 is 1.32. The number of aromatic nitrogens is 1. The van der Waals surface area contributed by atoms with Gasteiger partial charge >= 0.3 is 5.97 Å². The number of carboxylic acids is 1. The highest BCUT2D eigenvalue weighted by atomic mass is 32.2. The second-order valence-electron chi connectivity index (χ2n) is 4.06. The summed E-state index contributed by atoms with van der Waals surface area (Å²) in [7, 11) is -3.29. The molecule has 0 unspecified atom stereocenters. The summed E-state index contributed by atoms with van der Waals surface area (Å²) in [6, 6.07) is 5.76. The van der Waals surface area contributed by atoms with Crippen LogP contribution < -0.4 is 0 Å². The minimum atomic E-state index is -3.29. The smallest absolute Gasteiger partial charge is 0.336 e. The van der Waals surface area contributed by atoms with Gasteiger partial charge in [0.1, 0.15) is 0 Å². The standard InChI is InChI=1S/C13H11NO4S2/c1-20(17,18)11-4-2-9(3-5-11)12(13(15)16)6-10-7-14-8-19-10/h2-8H,1H3,(H,15,16). The first kappa shape index (κ1) is 14.4. The molecule has 20 heavy (non-hydrogen) atoms. The van der Waals surface area contributed by atoms with Gasteiger partial charge < -0.3 is 5.11 Å². The van der Waals surface area contributed by atoms with Gasteiger partial charge in [-0.1, -0.05) is 12.1 Å². The maximum atomic E-state index is 11.4. The van der Waals surface area contributed by atoms with Crippen molar-refractivity contribution in [2.75, 3.05) is 6.26 Å². The molecule has 1 N–H and O–H groups in total. The fourth-order valence-electron chi connectivity index (χ4n) is 1.59. The summed E-state index contributed by atoms with van der Waals surface area (Å²) in [6.45, 7) is 0. The average Bonchev–Trinajstić information content (AvgIpc) is 2.87. The van der Waals surface area contributed by atoms with Gasteiger partial charge in [-0.2, -0.15) is 0 Å². The fraction of sp³-hybridized carbons (Fsp3) is 0.0769. The van der Waals surface area contributed by atoms with Crippen LogP contribution in [0.25, 0.3) is 11.6 Å². The highest BCUT2D eigenvalue weighted by Gasteiger charge is 2.13. The minimum absolute atomic E-state index is 0.0919. The summed E-state index contributed by atoms with van der Waals surface area (Å²) in [5, 5.41) is 9.25. The highest BCUT2D eigenvalue weighted by Crippen LogP contribution is 2.22. The van der Waals surface area contributed by atoms with Crippen LogP contribution in [-0.2, 0) is 14.6 Å². The van der Waals surface area contributed by atoms with Crippen LogP contribution >= 0.6 is 11.3 Å². The van der Waals surface area contributed by atoms with Crippen molar-refractivity contribution in [1.82, 2.24) is 4.98 Å². The number of carbonyl (C=O) groups is 1. The Labute approximate surface area is 120 Å². The maximum absolute atomic E-state index is 11.4. The van der Waals surface area contributed by atoms with E-state index in [0.29, 0.717) is 5.56 Å². The van der Waals surface area contributed by atoms with Crippen molar-refractivity contribution in [3.63, 3.8) is 0 Å². The zero-order valence-electron chi connectivity index (χ0n) is 10.5. The summed E-state index contributed by atoms with van der Waals surface area (Å²) in [5.74, 6) is -1.08. The van der Waals surface area contributed by atoms with Crippen molar-refractivity contribution in [3.8, 4) is 0 Å². The molecule has 0 aliphatic rings. The fourth-order valence-corrected chi connectivity index (χ4v) is 2.77. The minimum Gasteiger partial charge on any atom is -0.478 e. The first-order valence-electron chi connectivity index (χ1n) is 5.52. The van der Waals surface area contributed by atoms with E-state index in [1.807, 2.05) is 0 Å². The molecule has 7 heteroatoms. The Bertz CT molecular complexity index is 744. The van der Waals surface area contributed by atoms with Crippen molar-refractivity contribution < 1.29 is 18.3 Å². The quantitative estimate of drug-likeness (QED) is 0.875. The highest BCUT2D eigenvalue weighted by molar-refractivity contribution is 7.90. The van der Waals surface area contributed by atoms with Gasteiger partial charge in [-0.15, -0.1) is 11.3 Å². The zero-order valence-corrected chi connectivity index (χ0v) is 12.1. The molecule has 0 amide bonds. The molecule has 0 atom stereocenters. The summed E-state index contributed by atoms with van der Waals surface area (Å²) in [6.07, 6.45) is 4.18. The lowest BCUT2D eigenvalue weighted by Crippen LogP contribution is -2.01. The molecule has 5 nitrogen and oxygen atoms in total. The Morgan fingerprint density at radius 2 is 1.95 bits per heavy atom. The Kier molecular flexibility index (Phi) is 4.01. The third kappa shape index (κ3) is 3.31. The SMILES string of the molecule is CS(=O)(=O)c1ccc(C(=Cc2cncs2)C(=O)O)cc1. The van der Waals surface area contributed by atoms with Crippen LogP contribution in [-0.4, -0.2) is 30.7 Å². The Balaban J connectivity index is 2.44. The topological polar surface area (TPSA) is 84.3 Å². The van der Waals surface area contributed by atoms with Crippen LogP contribution in [0.2, 0.25) is 0 Å². The van der Waals surface area contributed by atoms with E-state index in [1.165, 1.54) is 41.7 Å². The molecule has 2 aromatic rings. The van der Waals surface area contributed by atoms with Crippen molar-refractivity contribution in [1.29, 1.82) is 0 Å². The number of hydrogen-bond acceptors (Lipinski definition) is 5. The largest absolute Gasteiger partial charge is 0.478 e. The molecule has 0 aliphatic carbocycles. The Morgan fingerprint density at radius 3 is 2.40 bits per heavy atom. The molecule has 0 fully saturated rings. The number of rotatable bonds is 4. The lowest BCUT2D eigenvalue weighted by Gasteiger charge is -2.04. The van der Waals surface area contributed by atoms with Gasteiger partial charge in [0.25, 0.3) is 0 Å². The van der Waals surface area contributed by atoms with Crippen molar-refractivity contribution in [2.45, 2.75) is 4.90 Å². The molecule has 0 bridgehead atoms. The predicted molar refractivity (Wildman–Crippen MR) is 77.2 cm³/mol. The molecule has 0 saturated heterocycles. The number of sulfone groups is 1. The molecule has 1 heterocycles. The van der Waals surface area contributed by atoms with Gasteiger partial charge in [0.2, 0.25) is 0 Å². The number of aliphatic carboxylic acids is 1. The van der Waals surface area contributed by atoms with E-state index in [-0.39, 0.29) is 10.5 Å². The number of nitrogens with zero attached hydrogens (tertiary/aromatic N) is 1. The van der Waals surface area contributed by atoms with Gasteiger partial charge in [0.15, 0.2) is 9.84 Å². The van der Waals surface area contributed by atoms with E-state index in [9.17, 15) is 18.3 Å². The van der Waals surface area contributed by atoms with Crippen LogP contribution in [0.4, 0.5) is 0 Å². The number of hydrogen-bond donors (Lipinski definition) is 1. The first-order valence-corrected chi connectivity index (χ1v) is 8.29. The van der Waals surface area contributed by atoms with E-state index in [0.717, 1.165) is 11.1 Å². The van der Waals surface area contributed by atoms with Crippen LogP contribution in [0.1, 0.15) is 10.4 Å². The van der Waals surface area contributed by atoms with Crippen molar-refractivity contribution in [3.05, 3.63) is 46.4 Å². The van der Waals surface area contributed by atoms with Crippen LogP contribution in [0.15, 0.2) is 40.9 Å². The summed E-state index contributed by atoms with van der Waals surface area (Å²) in [5.41, 5.74) is 2.14. The Hall–Kier alpha value is -1.99. The van der Waals surface area contributed by atoms with Crippen LogP contribution in [0.3, 0.4) is 0 Å². The molecule has 0 spiro atoms.